The molecule has 0 unspecified atom stereocenters. The number of hydrogen-bond acceptors (Lipinski definition) is 7. The van der Waals surface area contributed by atoms with Gasteiger partial charge in [0.1, 0.15) is 27.7 Å². The number of carbonyl (C=O) groups is 1. The minimum atomic E-state index is -0.904. The van der Waals surface area contributed by atoms with Crippen LogP contribution in [0.15, 0.2) is 34.0 Å². The lowest BCUT2D eigenvalue weighted by atomic mass is 10.1. The van der Waals surface area contributed by atoms with E-state index >= 15 is 0 Å². The van der Waals surface area contributed by atoms with E-state index in [1.165, 1.54) is 11.8 Å². The molecule has 0 fully saturated rings. The van der Waals surface area contributed by atoms with Crippen LogP contribution in [0.25, 0.3) is 0 Å². The van der Waals surface area contributed by atoms with Gasteiger partial charge < -0.3 is 20.6 Å². The summed E-state index contributed by atoms with van der Waals surface area (Å²) in [5.41, 5.74) is 0.958. The molecule has 0 saturated carbocycles. The molecule has 1 aromatic heterocycles. The van der Waals surface area contributed by atoms with Crippen LogP contribution in [-0.2, 0) is 11.3 Å². The Balaban J connectivity index is 1.99. The number of carboxylic acid groups (broad SMARTS) is 1. The lowest BCUT2D eigenvalue weighted by molar-refractivity contribution is -0.138. The summed E-state index contributed by atoms with van der Waals surface area (Å²) in [4.78, 5) is 29.5. The first-order chi connectivity index (χ1) is 15.1. The third-order valence-electron chi connectivity index (χ3n) is 4.90. The van der Waals surface area contributed by atoms with Crippen molar-refractivity contribution in [2.75, 3.05) is 19.0 Å². The van der Waals surface area contributed by atoms with Crippen LogP contribution in [0.4, 0.5) is 5.69 Å². The second-order valence-electron chi connectivity index (χ2n) is 7.91. The van der Waals surface area contributed by atoms with E-state index in [1.54, 1.807) is 32.4 Å². The van der Waals surface area contributed by atoms with Crippen LogP contribution in [-0.4, -0.2) is 44.7 Å². The van der Waals surface area contributed by atoms with Crippen molar-refractivity contribution in [1.29, 1.82) is 5.41 Å². The first kappa shape index (κ1) is 25.5. The second kappa shape index (κ2) is 11.2. The Morgan fingerprint density at radius 1 is 1.31 bits per heavy atom. The highest BCUT2D eigenvalue weighted by Crippen LogP contribution is 2.33. The first-order valence-electron chi connectivity index (χ1n) is 10.6. The molecule has 0 aliphatic carbocycles. The number of hydrogen-bond donors (Lipinski definition) is 3. The number of anilines is 1. The maximum atomic E-state index is 12.9. The number of nitrogens with one attached hydrogen (secondary N) is 2. The summed E-state index contributed by atoms with van der Waals surface area (Å²) < 4.78 is 6.48. The van der Waals surface area contributed by atoms with Gasteiger partial charge in [-0.05, 0) is 57.9 Å². The van der Waals surface area contributed by atoms with Gasteiger partial charge in [-0.3, -0.25) is 14.2 Å². The zero-order valence-electron chi connectivity index (χ0n) is 19.3. The Bertz CT molecular complexity index is 1020. The highest BCUT2D eigenvalue weighted by molar-refractivity contribution is 8.01. The van der Waals surface area contributed by atoms with E-state index in [9.17, 15) is 14.7 Å². The fraction of sp³-hybridized carbons (Fsp3) is 0.478. The van der Waals surface area contributed by atoms with Crippen molar-refractivity contribution in [2.45, 2.75) is 63.1 Å². The van der Waals surface area contributed by atoms with Crippen LogP contribution in [0.5, 0.6) is 5.75 Å². The predicted octanol–water partition coefficient (Wildman–Crippen LogP) is 4.19. The SMILES string of the molecule is CCCC(=N)c1nc(C)n(CCCOc2ccc(SC(C)(C)C(=O)O)cc2)c(=O)c1NC. The molecule has 174 valence electrons. The summed E-state index contributed by atoms with van der Waals surface area (Å²) in [7, 11) is 1.67. The molecule has 32 heavy (non-hydrogen) atoms. The molecule has 0 amide bonds. The van der Waals surface area contributed by atoms with E-state index in [1.807, 2.05) is 31.2 Å². The summed E-state index contributed by atoms with van der Waals surface area (Å²) in [5, 5.41) is 20.3. The van der Waals surface area contributed by atoms with Gasteiger partial charge in [-0.1, -0.05) is 13.3 Å². The number of carboxylic acids is 1. The monoisotopic (exact) mass is 460 g/mol. The molecule has 0 aliphatic heterocycles. The molecular formula is C23H32N4O4S. The lowest BCUT2D eigenvalue weighted by Crippen LogP contribution is -2.29. The minimum absolute atomic E-state index is 0.182. The Morgan fingerprint density at radius 3 is 2.53 bits per heavy atom. The Kier molecular flexibility index (Phi) is 8.89. The van der Waals surface area contributed by atoms with E-state index in [0.717, 1.165) is 11.3 Å². The van der Waals surface area contributed by atoms with Gasteiger partial charge in [0.15, 0.2) is 0 Å². The molecule has 1 heterocycles. The van der Waals surface area contributed by atoms with Crippen LogP contribution >= 0.6 is 11.8 Å². The van der Waals surface area contributed by atoms with Gasteiger partial charge >= 0.3 is 5.97 Å². The van der Waals surface area contributed by atoms with Gasteiger partial charge in [-0.15, -0.1) is 11.8 Å². The zero-order chi connectivity index (χ0) is 23.9. The van der Waals surface area contributed by atoms with Crippen molar-refractivity contribution in [3.63, 3.8) is 0 Å². The zero-order valence-corrected chi connectivity index (χ0v) is 20.1. The number of aryl methyl sites for hydroxylation is 1. The molecule has 1 aromatic carbocycles. The molecular weight excluding hydrogens is 428 g/mol. The maximum absolute atomic E-state index is 12.9. The topological polar surface area (TPSA) is 117 Å². The smallest absolute Gasteiger partial charge is 0.319 e. The van der Waals surface area contributed by atoms with Crippen molar-refractivity contribution >= 4 is 29.1 Å². The number of benzene rings is 1. The molecule has 0 spiro atoms. The molecule has 9 heteroatoms. The summed E-state index contributed by atoms with van der Waals surface area (Å²) in [5.74, 6) is 0.399. The van der Waals surface area contributed by atoms with E-state index in [4.69, 9.17) is 10.1 Å². The van der Waals surface area contributed by atoms with Crippen LogP contribution in [0.2, 0.25) is 0 Å². The van der Waals surface area contributed by atoms with Gasteiger partial charge in [0.05, 0.1) is 12.3 Å². The van der Waals surface area contributed by atoms with Gasteiger partial charge in [0.2, 0.25) is 0 Å². The Labute approximate surface area is 192 Å². The fourth-order valence-electron chi connectivity index (χ4n) is 3.09. The van der Waals surface area contributed by atoms with Crippen molar-refractivity contribution in [2.24, 2.45) is 0 Å². The normalized spacial score (nSPS) is 11.3. The number of aromatic nitrogens is 2. The maximum Gasteiger partial charge on any atom is 0.319 e. The molecule has 0 aliphatic rings. The average Bonchev–Trinajstić information content (AvgIpc) is 2.73. The summed E-state index contributed by atoms with van der Waals surface area (Å²) in [6, 6.07) is 7.30. The molecule has 2 aromatic rings. The van der Waals surface area contributed by atoms with E-state index < -0.39 is 10.7 Å². The van der Waals surface area contributed by atoms with Gasteiger partial charge in [0, 0.05) is 18.5 Å². The Morgan fingerprint density at radius 2 is 1.97 bits per heavy atom. The van der Waals surface area contributed by atoms with Crippen LogP contribution in [0, 0.1) is 12.3 Å². The van der Waals surface area contributed by atoms with E-state index in [-0.39, 0.29) is 5.56 Å². The standard InChI is InChI=1S/C23H32N4O4S/c1-6-8-18(24)19-20(25-5)21(28)27(15(2)26-19)13-7-14-31-16-9-11-17(12-10-16)32-23(3,4)22(29)30/h9-12,24-25H,6-8,13-14H2,1-5H3,(H,29,30). The predicted molar refractivity (Wildman–Crippen MR) is 129 cm³/mol. The number of aliphatic carboxylic acids is 1. The minimum Gasteiger partial charge on any atom is -0.494 e. The van der Waals surface area contributed by atoms with Crippen molar-refractivity contribution in [1.82, 2.24) is 9.55 Å². The van der Waals surface area contributed by atoms with Crippen molar-refractivity contribution in [3.05, 3.63) is 46.1 Å². The summed E-state index contributed by atoms with van der Waals surface area (Å²) in [6.07, 6.45) is 2.00. The number of nitrogens with zero attached hydrogens (tertiary/aromatic N) is 2. The van der Waals surface area contributed by atoms with Gasteiger partial charge in [-0.25, -0.2) is 4.98 Å². The van der Waals surface area contributed by atoms with E-state index in [0.29, 0.717) is 54.7 Å². The summed E-state index contributed by atoms with van der Waals surface area (Å²) in [6.45, 7) is 7.98. The van der Waals surface area contributed by atoms with Crippen molar-refractivity contribution in [3.8, 4) is 5.75 Å². The molecule has 0 atom stereocenters. The van der Waals surface area contributed by atoms with E-state index in [2.05, 4.69) is 10.3 Å². The highest BCUT2D eigenvalue weighted by Gasteiger charge is 2.28. The molecule has 3 N–H and O–H groups in total. The molecule has 8 nitrogen and oxygen atoms in total. The van der Waals surface area contributed by atoms with Gasteiger partial charge in [-0.2, -0.15) is 0 Å². The van der Waals surface area contributed by atoms with Crippen LogP contribution < -0.4 is 15.6 Å². The number of ether oxygens (including phenoxy) is 1. The fourth-order valence-corrected chi connectivity index (χ4v) is 4.04. The Hall–Kier alpha value is -2.81. The highest BCUT2D eigenvalue weighted by atomic mass is 32.2. The van der Waals surface area contributed by atoms with Crippen molar-refractivity contribution < 1.29 is 14.6 Å². The lowest BCUT2D eigenvalue weighted by Gasteiger charge is -2.18. The van der Waals surface area contributed by atoms with Crippen LogP contribution in [0.1, 0.15) is 51.6 Å². The number of rotatable bonds is 12. The molecule has 2 rings (SSSR count). The average molecular weight is 461 g/mol. The van der Waals surface area contributed by atoms with Gasteiger partial charge in [0.25, 0.3) is 5.56 Å². The third kappa shape index (κ3) is 6.35. The molecule has 0 saturated heterocycles. The second-order valence-corrected chi connectivity index (χ2v) is 9.61. The third-order valence-corrected chi connectivity index (χ3v) is 6.10. The first-order valence-corrected chi connectivity index (χ1v) is 11.4. The summed E-state index contributed by atoms with van der Waals surface area (Å²) >= 11 is 1.28. The largest absolute Gasteiger partial charge is 0.494 e. The molecule has 0 bridgehead atoms. The quantitative estimate of drug-likeness (QED) is 0.247. The number of thioether (sulfide) groups is 1. The molecule has 0 radical (unpaired) electrons. The van der Waals surface area contributed by atoms with Crippen LogP contribution in [0.3, 0.4) is 0 Å².